The molecule has 0 bridgehead atoms. The van der Waals surface area contributed by atoms with Crippen LogP contribution in [-0.2, 0) is 4.74 Å². The van der Waals surface area contributed by atoms with Crippen molar-refractivity contribution in [2.75, 3.05) is 7.11 Å². The van der Waals surface area contributed by atoms with Gasteiger partial charge in [-0.1, -0.05) is 49.8 Å². The highest BCUT2D eigenvalue weighted by molar-refractivity contribution is 5.90. The Labute approximate surface area is 162 Å². The van der Waals surface area contributed by atoms with Gasteiger partial charge in [-0.15, -0.1) is 0 Å². The lowest BCUT2D eigenvalue weighted by Crippen LogP contribution is -2.33. The van der Waals surface area contributed by atoms with Crippen LogP contribution in [0.15, 0.2) is 54.2 Å². The van der Waals surface area contributed by atoms with E-state index in [2.05, 4.69) is 39.5 Å². The number of rotatable bonds is 3. The molecule has 0 amide bonds. The summed E-state index contributed by atoms with van der Waals surface area (Å²) < 4.78 is 11.0. The van der Waals surface area contributed by atoms with Gasteiger partial charge in [-0.05, 0) is 50.8 Å². The Morgan fingerprint density at radius 1 is 1.30 bits per heavy atom. The molecule has 0 heterocycles. The number of carbonyl (C=O) groups is 1. The zero-order valence-corrected chi connectivity index (χ0v) is 16.7. The molecule has 4 heteroatoms. The summed E-state index contributed by atoms with van der Waals surface area (Å²) in [5.74, 6) is -0.178. The Balaban J connectivity index is 2.25. The van der Waals surface area contributed by atoms with E-state index in [-0.39, 0.29) is 23.0 Å². The van der Waals surface area contributed by atoms with E-state index in [0.717, 1.165) is 31.3 Å². The van der Waals surface area contributed by atoms with Crippen LogP contribution >= 0.6 is 0 Å². The first-order valence-corrected chi connectivity index (χ1v) is 9.33. The van der Waals surface area contributed by atoms with E-state index in [9.17, 15) is 9.90 Å². The summed E-state index contributed by atoms with van der Waals surface area (Å²) in [4.78, 5) is 12.7. The Morgan fingerprint density at radius 3 is 2.74 bits per heavy atom. The van der Waals surface area contributed by atoms with Crippen LogP contribution in [0.1, 0.15) is 56.8 Å². The van der Waals surface area contributed by atoms with Crippen LogP contribution in [0.4, 0.5) is 0 Å². The van der Waals surface area contributed by atoms with Crippen LogP contribution in [0.2, 0.25) is 0 Å². The predicted molar refractivity (Wildman–Crippen MR) is 108 cm³/mol. The Bertz CT molecular complexity index is 756. The number of methoxy groups -OCH3 is 1. The summed E-state index contributed by atoms with van der Waals surface area (Å²) in [5.41, 5.74) is 2.40. The smallest absolute Gasteiger partial charge is 0.338 e. The van der Waals surface area contributed by atoms with Gasteiger partial charge < -0.3 is 14.6 Å². The third-order valence-electron chi connectivity index (χ3n) is 5.00. The molecule has 0 fully saturated rings. The molecule has 2 rings (SSSR count). The Kier molecular flexibility index (Phi) is 6.89. The predicted octanol–water partition coefficient (Wildman–Crippen LogP) is 5.59. The van der Waals surface area contributed by atoms with Gasteiger partial charge >= 0.3 is 5.97 Å². The largest absolute Gasteiger partial charge is 0.504 e. The first kappa shape index (κ1) is 20.8. The van der Waals surface area contributed by atoms with Crippen molar-refractivity contribution in [2.24, 2.45) is 5.41 Å². The van der Waals surface area contributed by atoms with Crippen LogP contribution in [-0.4, -0.2) is 24.3 Å². The SMILES string of the molecule is C=C1C=CC(C)(C)C(OC(=O)c2ccc(O)c(OC)c2)CCC(C)=CCC1. The topological polar surface area (TPSA) is 55.8 Å². The summed E-state index contributed by atoms with van der Waals surface area (Å²) in [7, 11) is 1.45. The van der Waals surface area contributed by atoms with E-state index in [1.54, 1.807) is 6.07 Å². The van der Waals surface area contributed by atoms with Gasteiger partial charge in [0.1, 0.15) is 6.10 Å². The maximum atomic E-state index is 12.7. The van der Waals surface area contributed by atoms with Crippen molar-refractivity contribution in [3.05, 3.63) is 59.7 Å². The highest BCUT2D eigenvalue weighted by atomic mass is 16.5. The van der Waals surface area contributed by atoms with Gasteiger partial charge in [0, 0.05) is 5.41 Å². The maximum Gasteiger partial charge on any atom is 0.338 e. The molecule has 0 radical (unpaired) electrons. The van der Waals surface area contributed by atoms with Gasteiger partial charge in [0.15, 0.2) is 11.5 Å². The second-order valence-electron chi connectivity index (χ2n) is 7.72. The van der Waals surface area contributed by atoms with Crippen molar-refractivity contribution < 1.29 is 19.4 Å². The van der Waals surface area contributed by atoms with E-state index >= 15 is 0 Å². The molecule has 0 aromatic heterocycles. The monoisotopic (exact) mass is 370 g/mol. The Hall–Kier alpha value is -2.49. The summed E-state index contributed by atoms with van der Waals surface area (Å²) in [6.45, 7) is 10.4. The van der Waals surface area contributed by atoms with Crippen molar-refractivity contribution in [3.8, 4) is 11.5 Å². The first-order valence-electron chi connectivity index (χ1n) is 9.33. The van der Waals surface area contributed by atoms with E-state index in [1.807, 2.05) is 6.08 Å². The van der Waals surface area contributed by atoms with Gasteiger partial charge in [0.2, 0.25) is 0 Å². The quantitative estimate of drug-likeness (QED) is 0.557. The number of aromatic hydroxyl groups is 1. The summed E-state index contributed by atoms with van der Waals surface area (Å²) in [6, 6.07) is 4.48. The first-order chi connectivity index (χ1) is 12.7. The van der Waals surface area contributed by atoms with Crippen LogP contribution in [0.3, 0.4) is 0 Å². The van der Waals surface area contributed by atoms with Crippen molar-refractivity contribution in [2.45, 2.75) is 52.6 Å². The molecule has 4 nitrogen and oxygen atoms in total. The molecule has 1 atom stereocenters. The van der Waals surface area contributed by atoms with E-state index < -0.39 is 5.97 Å². The lowest BCUT2D eigenvalue weighted by atomic mass is 9.82. The molecule has 0 aliphatic heterocycles. The lowest BCUT2D eigenvalue weighted by molar-refractivity contribution is 0.00157. The standard InChI is InChI=1S/C23H30O4/c1-16-7-6-8-17(2)13-14-23(3,4)21(12-9-16)27-22(25)18-10-11-19(24)20(15-18)26-5/h7,10-11,13-15,21,24H,2,6,8-9,12H2,1,3-5H3. The number of benzene rings is 1. The zero-order valence-electron chi connectivity index (χ0n) is 16.7. The van der Waals surface area contributed by atoms with Crippen LogP contribution < -0.4 is 4.74 Å². The molecule has 1 unspecified atom stereocenters. The molecule has 146 valence electrons. The normalized spacial score (nSPS) is 20.4. The molecule has 1 aromatic rings. The fraction of sp³-hybridized carbons (Fsp3) is 0.435. The number of carbonyl (C=O) groups excluding carboxylic acids is 1. The van der Waals surface area contributed by atoms with E-state index in [4.69, 9.17) is 9.47 Å². The maximum absolute atomic E-state index is 12.7. The molecule has 1 aliphatic rings. The number of esters is 1. The van der Waals surface area contributed by atoms with Crippen molar-refractivity contribution in [1.29, 1.82) is 0 Å². The molecule has 27 heavy (non-hydrogen) atoms. The van der Waals surface area contributed by atoms with Gasteiger partial charge in [0.05, 0.1) is 12.7 Å². The molecule has 1 N–H and O–H groups in total. The highest BCUT2D eigenvalue weighted by Crippen LogP contribution is 2.33. The number of ether oxygens (including phenoxy) is 2. The van der Waals surface area contributed by atoms with Crippen molar-refractivity contribution in [3.63, 3.8) is 0 Å². The number of allylic oxidation sites excluding steroid dienone is 4. The van der Waals surface area contributed by atoms with Gasteiger partial charge in [0.25, 0.3) is 0 Å². The third kappa shape index (κ3) is 5.75. The summed E-state index contributed by atoms with van der Waals surface area (Å²) in [6.07, 6.45) is 9.61. The summed E-state index contributed by atoms with van der Waals surface area (Å²) in [5, 5.41) is 9.73. The number of phenols is 1. The second kappa shape index (κ2) is 8.94. The minimum atomic E-state index is -0.421. The van der Waals surface area contributed by atoms with Crippen molar-refractivity contribution >= 4 is 5.97 Å². The van der Waals surface area contributed by atoms with Gasteiger partial charge in [-0.2, -0.15) is 0 Å². The van der Waals surface area contributed by atoms with Crippen LogP contribution in [0.25, 0.3) is 0 Å². The Morgan fingerprint density at radius 2 is 2.04 bits per heavy atom. The average Bonchev–Trinajstić information content (AvgIpc) is 2.64. The molecule has 1 aliphatic carbocycles. The third-order valence-corrected chi connectivity index (χ3v) is 5.00. The fourth-order valence-corrected chi connectivity index (χ4v) is 3.07. The number of phenolic OH excluding ortho intramolecular Hbond substituents is 1. The van der Waals surface area contributed by atoms with E-state index in [1.165, 1.54) is 24.8 Å². The highest BCUT2D eigenvalue weighted by Gasteiger charge is 2.31. The van der Waals surface area contributed by atoms with Gasteiger partial charge in [-0.25, -0.2) is 4.79 Å². The second-order valence-corrected chi connectivity index (χ2v) is 7.72. The molecule has 0 saturated carbocycles. The number of hydrogen-bond acceptors (Lipinski definition) is 4. The zero-order chi connectivity index (χ0) is 20.0. The molecule has 0 spiro atoms. The number of hydrogen-bond donors (Lipinski definition) is 1. The average molecular weight is 370 g/mol. The minimum Gasteiger partial charge on any atom is -0.504 e. The molecule has 1 aromatic carbocycles. The lowest BCUT2D eigenvalue weighted by Gasteiger charge is -2.31. The fourth-order valence-electron chi connectivity index (χ4n) is 3.07. The molecular weight excluding hydrogens is 340 g/mol. The molecular formula is C23H30O4. The van der Waals surface area contributed by atoms with Crippen molar-refractivity contribution in [1.82, 2.24) is 0 Å². The van der Waals surface area contributed by atoms with Gasteiger partial charge in [-0.3, -0.25) is 0 Å². The summed E-state index contributed by atoms with van der Waals surface area (Å²) >= 11 is 0. The molecule has 0 saturated heterocycles. The van der Waals surface area contributed by atoms with Crippen LogP contribution in [0.5, 0.6) is 11.5 Å². The minimum absolute atomic E-state index is 0.00784. The van der Waals surface area contributed by atoms with Crippen LogP contribution in [0, 0.1) is 5.41 Å². The van der Waals surface area contributed by atoms with E-state index in [0.29, 0.717) is 5.56 Å².